The molecule has 4 aromatic carbocycles. The molecule has 0 spiro atoms. The number of para-hydroxylation sites is 1. The maximum Gasteiger partial charge on any atom is 0.262 e. The van der Waals surface area contributed by atoms with Gasteiger partial charge in [0.1, 0.15) is 0 Å². The molecule has 6 heteroatoms. The largest absolute Gasteiger partial charge is 0.378 e. The van der Waals surface area contributed by atoms with Gasteiger partial charge in [0, 0.05) is 48.1 Å². The summed E-state index contributed by atoms with van der Waals surface area (Å²) >= 11 is 0. The van der Waals surface area contributed by atoms with Gasteiger partial charge in [-0.3, -0.25) is 19.7 Å². The van der Waals surface area contributed by atoms with Crippen LogP contribution in [0, 0.1) is 6.92 Å². The van der Waals surface area contributed by atoms with Crippen molar-refractivity contribution in [1.29, 1.82) is 0 Å². The van der Waals surface area contributed by atoms with Crippen LogP contribution in [-0.2, 0) is 4.74 Å². The molecule has 1 aliphatic heterocycles. The zero-order valence-corrected chi connectivity index (χ0v) is 21.2. The van der Waals surface area contributed by atoms with E-state index in [-0.39, 0.29) is 5.91 Å². The van der Waals surface area contributed by atoms with Gasteiger partial charge in [-0.2, -0.15) is 0 Å². The lowest BCUT2D eigenvalue weighted by atomic mass is 9.97. The van der Waals surface area contributed by atoms with Crippen molar-refractivity contribution in [2.75, 3.05) is 36.1 Å². The zero-order chi connectivity index (χ0) is 25.9. The van der Waals surface area contributed by atoms with Crippen molar-refractivity contribution in [1.82, 2.24) is 9.97 Å². The summed E-state index contributed by atoms with van der Waals surface area (Å²) in [4.78, 5) is 27.0. The fraction of sp³-hybridized carbons (Fsp3) is 0.156. The van der Waals surface area contributed by atoms with E-state index in [1.165, 1.54) is 0 Å². The van der Waals surface area contributed by atoms with Crippen LogP contribution in [-0.4, -0.2) is 42.2 Å². The number of anilines is 3. The summed E-state index contributed by atoms with van der Waals surface area (Å²) in [5.74, 6) is -0.0860. The minimum atomic E-state index is -0.0860. The highest BCUT2D eigenvalue weighted by atomic mass is 16.5. The third kappa shape index (κ3) is 4.74. The van der Waals surface area contributed by atoms with Gasteiger partial charge in [0.25, 0.3) is 5.91 Å². The van der Waals surface area contributed by atoms with Gasteiger partial charge in [-0.1, -0.05) is 30.3 Å². The van der Waals surface area contributed by atoms with E-state index in [0.29, 0.717) is 5.56 Å². The molecule has 1 aliphatic rings. The molecule has 1 amide bonds. The van der Waals surface area contributed by atoms with Crippen molar-refractivity contribution in [2.24, 2.45) is 0 Å². The third-order valence-corrected chi connectivity index (χ3v) is 6.97. The average molecular weight is 501 g/mol. The number of rotatable bonds is 5. The third-order valence-electron chi connectivity index (χ3n) is 6.97. The predicted molar refractivity (Wildman–Crippen MR) is 152 cm³/mol. The molecule has 188 valence electrons. The lowest BCUT2D eigenvalue weighted by molar-refractivity contribution is 0.0999. The summed E-state index contributed by atoms with van der Waals surface area (Å²) in [6.45, 7) is 5.26. The number of carbonyl (C=O) groups is 1. The first-order valence-corrected chi connectivity index (χ1v) is 12.8. The van der Waals surface area contributed by atoms with Gasteiger partial charge < -0.3 is 9.64 Å². The van der Waals surface area contributed by atoms with E-state index in [0.717, 1.165) is 71.1 Å². The van der Waals surface area contributed by atoms with Gasteiger partial charge in [0.15, 0.2) is 0 Å². The van der Waals surface area contributed by atoms with Crippen molar-refractivity contribution < 1.29 is 9.53 Å². The monoisotopic (exact) mass is 500 g/mol. The number of fused-ring (bicyclic) bond motifs is 1. The number of nitrogens with zero attached hydrogens (tertiary/aromatic N) is 4. The number of benzene rings is 4. The van der Waals surface area contributed by atoms with Gasteiger partial charge >= 0.3 is 0 Å². The fourth-order valence-electron chi connectivity index (χ4n) is 4.92. The summed E-state index contributed by atoms with van der Waals surface area (Å²) in [5.41, 5.74) is 8.15. The standard InChI is InChI=1S/C32H28N4O2/c1-23-7-8-25(21-29(23)24-9-14-30-31(22-24)34-16-15-33-30)32(37)36(27-5-3-2-4-6-27)28-12-10-26(11-13-28)35-17-19-38-20-18-35/h2-16,21-22H,17-20H2,1H3. The second-order valence-electron chi connectivity index (χ2n) is 9.38. The Morgan fingerprint density at radius 3 is 2.26 bits per heavy atom. The Kier molecular flexibility index (Phi) is 6.54. The summed E-state index contributed by atoms with van der Waals surface area (Å²) in [6.07, 6.45) is 3.39. The van der Waals surface area contributed by atoms with Crippen LogP contribution in [0.15, 0.2) is 103 Å². The van der Waals surface area contributed by atoms with Crippen LogP contribution in [0.5, 0.6) is 0 Å². The highest BCUT2D eigenvalue weighted by Crippen LogP contribution is 2.32. The van der Waals surface area contributed by atoms with Gasteiger partial charge in [0.2, 0.25) is 0 Å². The molecule has 0 bridgehead atoms. The lowest BCUT2D eigenvalue weighted by Crippen LogP contribution is -2.36. The number of aromatic nitrogens is 2. The molecule has 0 aliphatic carbocycles. The summed E-state index contributed by atoms with van der Waals surface area (Å²) in [7, 11) is 0. The first kappa shape index (κ1) is 23.8. The molecular formula is C32H28N4O2. The minimum absolute atomic E-state index is 0.0860. The molecule has 6 nitrogen and oxygen atoms in total. The van der Waals surface area contributed by atoms with E-state index in [2.05, 4.69) is 33.9 Å². The van der Waals surface area contributed by atoms with E-state index in [9.17, 15) is 4.79 Å². The maximum atomic E-state index is 14.1. The lowest BCUT2D eigenvalue weighted by Gasteiger charge is -2.29. The Labute approximate surface area is 222 Å². The molecule has 0 atom stereocenters. The van der Waals surface area contributed by atoms with Crippen LogP contribution in [0.25, 0.3) is 22.2 Å². The van der Waals surface area contributed by atoms with Gasteiger partial charge in [-0.05, 0) is 84.3 Å². The van der Waals surface area contributed by atoms with Crippen molar-refractivity contribution in [3.8, 4) is 11.1 Å². The van der Waals surface area contributed by atoms with Crippen molar-refractivity contribution in [3.05, 3.63) is 115 Å². The summed E-state index contributed by atoms with van der Waals surface area (Å²) in [6, 6.07) is 29.9. The van der Waals surface area contributed by atoms with Crippen LogP contribution in [0.3, 0.4) is 0 Å². The number of hydrogen-bond acceptors (Lipinski definition) is 5. The van der Waals surface area contributed by atoms with Crippen molar-refractivity contribution in [3.63, 3.8) is 0 Å². The number of morpholine rings is 1. The van der Waals surface area contributed by atoms with Crippen LogP contribution in [0.2, 0.25) is 0 Å². The summed E-state index contributed by atoms with van der Waals surface area (Å²) < 4.78 is 5.49. The minimum Gasteiger partial charge on any atom is -0.378 e. The molecule has 1 saturated heterocycles. The van der Waals surface area contributed by atoms with Crippen LogP contribution in [0.4, 0.5) is 17.1 Å². The topological polar surface area (TPSA) is 58.6 Å². The molecule has 2 heterocycles. The average Bonchev–Trinajstić information content (AvgIpc) is 2.98. The molecular weight excluding hydrogens is 472 g/mol. The van der Waals surface area contributed by atoms with E-state index < -0.39 is 0 Å². The van der Waals surface area contributed by atoms with Crippen molar-refractivity contribution in [2.45, 2.75) is 6.92 Å². The normalized spacial score (nSPS) is 13.4. The number of carbonyl (C=O) groups excluding carboxylic acids is 1. The molecule has 38 heavy (non-hydrogen) atoms. The van der Waals surface area contributed by atoms with Crippen molar-refractivity contribution >= 4 is 34.0 Å². The van der Waals surface area contributed by atoms with E-state index in [1.54, 1.807) is 17.3 Å². The highest BCUT2D eigenvalue weighted by molar-refractivity contribution is 6.11. The molecule has 5 aromatic rings. The number of aryl methyl sites for hydroxylation is 1. The Morgan fingerprint density at radius 1 is 0.789 bits per heavy atom. The number of amides is 1. The van der Waals surface area contributed by atoms with Gasteiger partial charge in [0.05, 0.1) is 24.2 Å². The van der Waals surface area contributed by atoms with Crippen LogP contribution in [0.1, 0.15) is 15.9 Å². The van der Waals surface area contributed by atoms with Crippen LogP contribution < -0.4 is 9.80 Å². The second kappa shape index (κ2) is 10.4. The smallest absolute Gasteiger partial charge is 0.262 e. The number of hydrogen-bond donors (Lipinski definition) is 0. The SMILES string of the molecule is Cc1ccc(C(=O)N(c2ccccc2)c2ccc(N3CCOCC3)cc2)cc1-c1ccc2nccnc2c1. The summed E-state index contributed by atoms with van der Waals surface area (Å²) in [5, 5.41) is 0. The molecule has 1 fully saturated rings. The Bertz CT molecular complexity index is 1580. The zero-order valence-electron chi connectivity index (χ0n) is 21.2. The maximum absolute atomic E-state index is 14.1. The molecule has 0 unspecified atom stereocenters. The second-order valence-corrected chi connectivity index (χ2v) is 9.38. The van der Waals surface area contributed by atoms with E-state index >= 15 is 0 Å². The highest BCUT2D eigenvalue weighted by Gasteiger charge is 2.21. The Balaban J connectivity index is 1.37. The predicted octanol–water partition coefficient (Wildman–Crippen LogP) is 6.42. The number of ether oxygens (including phenoxy) is 1. The molecule has 0 radical (unpaired) electrons. The Morgan fingerprint density at radius 2 is 1.50 bits per heavy atom. The van der Waals surface area contributed by atoms with E-state index in [1.807, 2.05) is 78.9 Å². The van der Waals surface area contributed by atoms with Gasteiger partial charge in [-0.25, -0.2) is 0 Å². The van der Waals surface area contributed by atoms with Crippen LogP contribution >= 0.6 is 0 Å². The molecule has 1 aromatic heterocycles. The first-order chi connectivity index (χ1) is 18.7. The molecule has 6 rings (SSSR count). The molecule has 0 saturated carbocycles. The van der Waals surface area contributed by atoms with E-state index in [4.69, 9.17) is 4.74 Å². The Hall–Kier alpha value is -4.55. The molecule has 0 N–H and O–H groups in total. The first-order valence-electron chi connectivity index (χ1n) is 12.8. The van der Waals surface area contributed by atoms with Gasteiger partial charge in [-0.15, -0.1) is 0 Å². The fourth-order valence-corrected chi connectivity index (χ4v) is 4.92. The quantitative estimate of drug-likeness (QED) is 0.279.